The van der Waals surface area contributed by atoms with Gasteiger partial charge in [-0.05, 0) is 29.7 Å². The molecule has 0 spiro atoms. The smallest absolute Gasteiger partial charge is 0.255 e. The quantitative estimate of drug-likeness (QED) is 0.648. The van der Waals surface area contributed by atoms with Crippen LogP contribution in [0.3, 0.4) is 0 Å². The molecular weight excluding hydrogens is 405 g/mol. The van der Waals surface area contributed by atoms with Crippen molar-refractivity contribution in [2.24, 2.45) is 10.9 Å². The maximum Gasteiger partial charge on any atom is 0.445 e. The van der Waals surface area contributed by atoms with E-state index in [1.165, 1.54) is 11.6 Å². The Morgan fingerprint density at radius 1 is 1.26 bits per heavy atom. The molecule has 2 aliphatic heterocycles. The van der Waals surface area contributed by atoms with Crippen molar-refractivity contribution in [3.8, 4) is 0 Å². The van der Waals surface area contributed by atoms with Crippen molar-refractivity contribution in [1.29, 1.82) is 0 Å². The van der Waals surface area contributed by atoms with Crippen LogP contribution in [0.15, 0.2) is 33.7 Å². The average molecular weight is 425 g/mol. The molecule has 142 valence electrons. The predicted molar refractivity (Wildman–Crippen MR) is 111 cm³/mol. The minimum atomic E-state index is -0.544. The van der Waals surface area contributed by atoms with E-state index < -0.39 is 5.92 Å². The van der Waals surface area contributed by atoms with Gasteiger partial charge in [0.2, 0.25) is 0 Å². The summed E-state index contributed by atoms with van der Waals surface area (Å²) < 4.78 is 1.45. The number of carbonyl (C=O) groups excluding carboxylic acids is 2. The Labute approximate surface area is 172 Å². The van der Waals surface area contributed by atoms with E-state index in [1.54, 1.807) is 31.1 Å². The van der Waals surface area contributed by atoms with Crippen LogP contribution in [-0.2, 0) is 10.5 Å². The van der Waals surface area contributed by atoms with Crippen LogP contribution in [0.5, 0.6) is 0 Å². The van der Waals surface area contributed by atoms with E-state index in [9.17, 15) is 9.59 Å². The largest absolute Gasteiger partial charge is 0.445 e. The highest BCUT2D eigenvalue weighted by molar-refractivity contribution is 8.02. The minimum Gasteiger partial charge on any atom is -0.255 e. The zero-order chi connectivity index (χ0) is 19.7. The van der Waals surface area contributed by atoms with Crippen LogP contribution in [0.2, 0.25) is 10.0 Å². The highest BCUT2D eigenvalue weighted by Crippen LogP contribution is 2.38. The maximum atomic E-state index is 12.9. The number of thioether (sulfide) groups is 1. The van der Waals surface area contributed by atoms with Gasteiger partial charge in [0.25, 0.3) is 5.84 Å². The molecule has 0 aromatic heterocycles. The molecule has 3 rings (SSSR count). The van der Waals surface area contributed by atoms with Crippen LogP contribution < -0.4 is 0 Å². The van der Waals surface area contributed by atoms with Gasteiger partial charge in [-0.2, -0.15) is 9.48 Å². The Morgan fingerprint density at radius 2 is 2.00 bits per heavy atom. The van der Waals surface area contributed by atoms with Crippen molar-refractivity contribution in [2.45, 2.75) is 25.5 Å². The Bertz CT molecular complexity index is 908. The normalized spacial score (nSPS) is 19.9. The van der Waals surface area contributed by atoms with Gasteiger partial charge in [0.1, 0.15) is 6.21 Å². The first kappa shape index (κ1) is 20.1. The molecule has 27 heavy (non-hydrogen) atoms. The Hall–Kier alpha value is -1.63. The predicted octanol–water partition coefficient (Wildman–Crippen LogP) is 4.61. The van der Waals surface area contributed by atoms with Gasteiger partial charge in [0.05, 0.1) is 24.1 Å². The number of nitrogens with zero attached hydrogens (tertiary/aromatic N) is 3. The number of aliphatic imine (C=N–C) groups is 1. The van der Waals surface area contributed by atoms with Crippen molar-refractivity contribution < 1.29 is 14.2 Å². The molecule has 3 amide bonds. The molecular formula is C19H20Cl2N3O2S+. The van der Waals surface area contributed by atoms with Crippen molar-refractivity contribution in [2.75, 3.05) is 14.1 Å². The molecule has 0 aliphatic carbocycles. The van der Waals surface area contributed by atoms with Gasteiger partial charge >= 0.3 is 11.9 Å². The van der Waals surface area contributed by atoms with Gasteiger partial charge in [0, 0.05) is 10.7 Å². The van der Waals surface area contributed by atoms with Crippen molar-refractivity contribution in [3.05, 3.63) is 44.3 Å². The number of benzene rings is 1. The number of dihydropyridines is 1. The topological polar surface area (TPSA) is 52.8 Å². The third-order valence-electron chi connectivity index (χ3n) is 4.58. The summed E-state index contributed by atoms with van der Waals surface area (Å²) in [5, 5.41) is 1.02. The van der Waals surface area contributed by atoms with Gasteiger partial charge < -0.3 is 0 Å². The van der Waals surface area contributed by atoms with Crippen LogP contribution >= 0.6 is 35.0 Å². The number of allylic oxidation sites excluding steroid dienone is 1. The highest BCUT2D eigenvalue weighted by Gasteiger charge is 2.48. The number of urea groups is 1. The van der Waals surface area contributed by atoms with Gasteiger partial charge in [0.15, 0.2) is 5.92 Å². The highest BCUT2D eigenvalue weighted by atomic mass is 35.5. The molecule has 0 bridgehead atoms. The van der Waals surface area contributed by atoms with Crippen molar-refractivity contribution >= 4 is 59.0 Å². The van der Waals surface area contributed by atoms with Gasteiger partial charge in [-0.15, -0.1) is 16.8 Å². The van der Waals surface area contributed by atoms with Crippen LogP contribution in [0, 0.1) is 5.92 Å². The van der Waals surface area contributed by atoms with Gasteiger partial charge in [-0.3, -0.25) is 4.79 Å². The van der Waals surface area contributed by atoms with Gasteiger partial charge in [-0.25, -0.2) is 4.79 Å². The lowest BCUT2D eigenvalue weighted by molar-refractivity contribution is -0.407. The number of rotatable bonds is 5. The van der Waals surface area contributed by atoms with E-state index in [1.807, 2.05) is 12.1 Å². The number of carbonyl (C=O) groups is 2. The Kier molecular flexibility index (Phi) is 6.08. The minimum absolute atomic E-state index is 0.241. The van der Waals surface area contributed by atoms with E-state index in [-0.39, 0.29) is 11.9 Å². The summed E-state index contributed by atoms with van der Waals surface area (Å²) in [6.07, 6.45) is 3.56. The number of halogens is 2. The number of fused-ring (bicyclic) bond motifs is 1. The van der Waals surface area contributed by atoms with Crippen molar-refractivity contribution in [1.82, 2.24) is 4.90 Å². The number of hydrogen-bond acceptors (Lipinski definition) is 4. The first-order chi connectivity index (χ1) is 12.8. The Morgan fingerprint density at radius 3 is 2.67 bits per heavy atom. The monoisotopic (exact) mass is 424 g/mol. The van der Waals surface area contributed by atoms with E-state index in [0.717, 1.165) is 33.8 Å². The zero-order valence-corrected chi connectivity index (χ0v) is 17.7. The standard InChI is InChI=1S/C19H20Cl2N3O2S/c1-4-5-12-9-22-17-15(18(25)24(3)19(26)23(17)2)16(12)27-10-11-6-7-13(20)14(21)8-11/h6-9,15H,4-5,10H2,1-3H3/q+1. The fourth-order valence-electron chi connectivity index (χ4n) is 3.12. The number of imide groups is 1. The molecule has 1 aromatic carbocycles. The molecule has 1 unspecified atom stereocenters. The lowest BCUT2D eigenvalue weighted by Crippen LogP contribution is -2.52. The first-order valence-corrected chi connectivity index (χ1v) is 10.3. The van der Waals surface area contributed by atoms with E-state index in [4.69, 9.17) is 23.2 Å². The van der Waals surface area contributed by atoms with E-state index in [0.29, 0.717) is 21.6 Å². The molecule has 2 aliphatic rings. The molecule has 0 radical (unpaired) electrons. The molecule has 1 atom stereocenters. The third-order valence-corrected chi connectivity index (χ3v) is 6.61. The molecule has 0 fully saturated rings. The second kappa shape index (κ2) is 8.17. The average Bonchev–Trinajstić information content (AvgIpc) is 2.66. The second-order valence-corrected chi connectivity index (χ2v) is 8.30. The lowest BCUT2D eigenvalue weighted by atomic mass is 9.96. The molecule has 0 N–H and O–H groups in total. The molecule has 1 aromatic rings. The summed E-state index contributed by atoms with van der Waals surface area (Å²) in [5.41, 5.74) is 2.06. The SMILES string of the molecule is CCCC1=C(SCc2ccc(Cl)c(Cl)c2)C2C(=O)N(C)C(=O)[N+](C)=C2N=C1. The van der Waals surface area contributed by atoms with Crippen LogP contribution in [0.25, 0.3) is 0 Å². The fourth-order valence-corrected chi connectivity index (χ4v) is 4.66. The summed E-state index contributed by atoms with van der Waals surface area (Å²) in [6, 6.07) is 5.17. The second-order valence-electron chi connectivity index (χ2n) is 6.46. The first-order valence-electron chi connectivity index (χ1n) is 8.61. The molecule has 8 heteroatoms. The van der Waals surface area contributed by atoms with Crippen LogP contribution in [0.1, 0.15) is 25.3 Å². The number of hydrogen-bond donors (Lipinski definition) is 0. The summed E-state index contributed by atoms with van der Waals surface area (Å²) >= 11 is 13.7. The summed E-state index contributed by atoms with van der Waals surface area (Å²) in [7, 11) is 3.16. The number of amidine groups is 1. The fraction of sp³-hybridized carbons (Fsp3) is 0.368. The van der Waals surface area contributed by atoms with E-state index in [2.05, 4.69) is 11.9 Å². The third kappa shape index (κ3) is 3.84. The number of amides is 3. The summed E-state index contributed by atoms with van der Waals surface area (Å²) in [5.74, 6) is 0.345. The van der Waals surface area contributed by atoms with Crippen LogP contribution in [-0.4, -0.2) is 47.6 Å². The molecule has 2 heterocycles. The zero-order valence-electron chi connectivity index (χ0n) is 15.3. The Balaban J connectivity index is 1.97. The lowest BCUT2D eigenvalue weighted by Gasteiger charge is -2.28. The summed E-state index contributed by atoms with van der Waals surface area (Å²) in [4.78, 5) is 31.7. The van der Waals surface area contributed by atoms with Crippen molar-refractivity contribution in [3.63, 3.8) is 0 Å². The van der Waals surface area contributed by atoms with Gasteiger partial charge in [-0.1, -0.05) is 42.6 Å². The maximum absolute atomic E-state index is 12.9. The molecule has 0 saturated carbocycles. The molecule has 0 saturated heterocycles. The summed E-state index contributed by atoms with van der Waals surface area (Å²) in [6.45, 7) is 2.09. The molecule has 5 nitrogen and oxygen atoms in total. The van der Waals surface area contributed by atoms with E-state index >= 15 is 0 Å². The van der Waals surface area contributed by atoms with Crippen LogP contribution in [0.4, 0.5) is 4.79 Å².